The average Bonchev–Trinajstić information content (AvgIpc) is 2.98. The second kappa shape index (κ2) is 5.41. The quantitative estimate of drug-likeness (QED) is 0.686. The van der Waals surface area contributed by atoms with Gasteiger partial charge in [0.1, 0.15) is 0 Å². The second-order valence-corrected chi connectivity index (χ2v) is 6.25. The van der Waals surface area contributed by atoms with Crippen molar-refractivity contribution >= 4 is 5.97 Å². The number of carbonyl (C=O) groups excluding carboxylic acids is 1. The molecule has 2 saturated carbocycles. The topological polar surface area (TPSA) is 38.8 Å². The third-order valence-corrected chi connectivity index (χ3v) is 5.32. The summed E-state index contributed by atoms with van der Waals surface area (Å²) < 4.78 is 10.7. The van der Waals surface area contributed by atoms with Gasteiger partial charge in [0.15, 0.2) is 0 Å². The van der Waals surface area contributed by atoms with Gasteiger partial charge in [0.05, 0.1) is 12.7 Å². The molecule has 0 aromatic carbocycles. The van der Waals surface area contributed by atoms with Gasteiger partial charge < -0.3 is 9.47 Å². The second-order valence-electron chi connectivity index (χ2n) is 6.25. The number of ether oxygens (including phenoxy) is 2. The summed E-state index contributed by atoms with van der Waals surface area (Å²) in [7, 11) is 1.86. The van der Waals surface area contributed by atoms with Gasteiger partial charge >= 0.3 is 5.97 Å². The number of hydrogen-bond donors (Lipinski definition) is 0. The molecular formula is C15H25NO3. The lowest BCUT2D eigenvalue weighted by Crippen LogP contribution is -2.42. The summed E-state index contributed by atoms with van der Waals surface area (Å²) in [6, 6.07) is 0.621. The predicted molar refractivity (Wildman–Crippen MR) is 71.7 cm³/mol. The Balaban J connectivity index is 1.51. The van der Waals surface area contributed by atoms with Gasteiger partial charge in [-0.3, -0.25) is 9.69 Å². The van der Waals surface area contributed by atoms with E-state index in [1.165, 1.54) is 19.4 Å². The lowest BCUT2D eigenvalue weighted by Gasteiger charge is -2.31. The molecule has 3 fully saturated rings. The van der Waals surface area contributed by atoms with Crippen LogP contribution in [0, 0.1) is 17.8 Å². The van der Waals surface area contributed by atoms with E-state index in [-0.39, 0.29) is 5.97 Å². The van der Waals surface area contributed by atoms with E-state index in [0.29, 0.717) is 25.2 Å². The predicted octanol–water partition coefficient (Wildman–Crippen LogP) is 1.68. The Bertz CT molecular complexity index is 344. The highest BCUT2D eigenvalue weighted by atomic mass is 16.5. The zero-order valence-corrected chi connectivity index (χ0v) is 12.0. The first kappa shape index (κ1) is 13.4. The normalized spacial score (nSPS) is 40.0. The van der Waals surface area contributed by atoms with Crippen LogP contribution in [-0.4, -0.2) is 49.8 Å². The lowest BCUT2D eigenvalue weighted by molar-refractivity contribution is -0.143. The number of hydrogen-bond acceptors (Lipinski definition) is 4. The summed E-state index contributed by atoms with van der Waals surface area (Å²) in [6.45, 7) is 4.58. The first-order valence-electron chi connectivity index (χ1n) is 7.67. The highest BCUT2D eigenvalue weighted by Crippen LogP contribution is 2.55. The highest BCUT2D eigenvalue weighted by molar-refractivity contribution is 5.69. The number of rotatable bonds is 6. The number of methoxy groups -OCH3 is 1. The molecule has 4 heteroatoms. The summed E-state index contributed by atoms with van der Waals surface area (Å²) in [5.41, 5.74) is 0. The Morgan fingerprint density at radius 3 is 2.89 bits per heavy atom. The molecule has 2 bridgehead atoms. The van der Waals surface area contributed by atoms with E-state index < -0.39 is 0 Å². The molecule has 5 unspecified atom stereocenters. The van der Waals surface area contributed by atoms with Crippen LogP contribution in [0.1, 0.15) is 32.6 Å². The third kappa shape index (κ3) is 2.29. The highest BCUT2D eigenvalue weighted by Gasteiger charge is 2.59. The fourth-order valence-electron chi connectivity index (χ4n) is 4.75. The van der Waals surface area contributed by atoms with Crippen molar-refractivity contribution in [2.75, 3.05) is 26.8 Å². The Labute approximate surface area is 115 Å². The van der Waals surface area contributed by atoms with Crippen LogP contribution in [-0.2, 0) is 14.3 Å². The molecule has 0 N–H and O–H groups in total. The van der Waals surface area contributed by atoms with E-state index in [1.54, 1.807) is 0 Å². The molecule has 0 amide bonds. The maximum absolute atomic E-state index is 11.4. The smallest absolute Gasteiger partial charge is 0.305 e. The molecule has 0 aromatic rings. The minimum absolute atomic E-state index is 0.0581. The third-order valence-electron chi connectivity index (χ3n) is 5.32. The molecule has 5 atom stereocenters. The first-order valence-corrected chi connectivity index (χ1v) is 7.67. The van der Waals surface area contributed by atoms with Gasteiger partial charge in [-0.1, -0.05) is 0 Å². The van der Waals surface area contributed by atoms with E-state index >= 15 is 0 Å². The molecule has 0 aromatic heterocycles. The minimum atomic E-state index is -0.0581. The SMILES string of the molecule is CCOC(=O)CCCN1CC2CC3CC2C1C3OC. The Kier molecular flexibility index (Phi) is 3.81. The summed E-state index contributed by atoms with van der Waals surface area (Å²) in [5.74, 6) is 2.49. The van der Waals surface area contributed by atoms with E-state index in [2.05, 4.69) is 4.90 Å². The molecule has 108 valence electrons. The Hall–Kier alpha value is -0.610. The van der Waals surface area contributed by atoms with Crippen molar-refractivity contribution in [3.63, 3.8) is 0 Å². The maximum Gasteiger partial charge on any atom is 0.305 e. The summed E-state index contributed by atoms with van der Waals surface area (Å²) in [5, 5.41) is 0. The number of carbonyl (C=O) groups is 1. The number of likely N-dealkylation sites (tertiary alicyclic amines) is 1. The van der Waals surface area contributed by atoms with Crippen LogP contribution in [0.2, 0.25) is 0 Å². The lowest BCUT2D eigenvalue weighted by atomic mass is 9.88. The van der Waals surface area contributed by atoms with Crippen LogP contribution in [0.5, 0.6) is 0 Å². The summed E-state index contributed by atoms with van der Waals surface area (Å²) >= 11 is 0. The van der Waals surface area contributed by atoms with Crippen LogP contribution < -0.4 is 0 Å². The fraction of sp³-hybridized carbons (Fsp3) is 0.933. The van der Waals surface area contributed by atoms with Crippen LogP contribution in [0.4, 0.5) is 0 Å². The summed E-state index contributed by atoms with van der Waals surface area (Å²) in [4.78, 5) is 14.0. The molecule has 1 saturated heterocycles. The van der Waals surface area contributed by atoms with Crippen molar-refractivity contribution < 1.29 is 14.3 Å². The van der Waals surface area contributed by atoms with Gasteiger partial charge in [0.25, 0.3) is 0 Å². The molecule has 4 nitrogen and oxygen atoms in total. The van der Waals surface area contributed by atoms with Crippen molar-refractivity contribution in [1.82, 2.24) is 4.90 Å². The van der Waals surface area contributed by atoms with Gasteiger partial charge in [-0.15, -0.1) is 0 Å². The van der Waals surface area contributed by atoms with Crippen molar-refractivity contribution in [2.24, 2.45) is 17.8 Å². The monoisotopic (exact) mass is 267 g/mol. The average molecular weight is 267 g/mol. The minimum Gasteiger partial charge on any atom is -0.466 e. The molecule has 3 aliphatic rings. The van der Waals surface area contributed by atoms with Crippen LogP contribution in [0.25, 0.3) is 0 Å². The number of fused-ring (bicyclic) bond motifs is 1. The zero-order chi connectivity index (χ0) is 13.4. The molecule has 0 radical (unpaired) electrons. The van der Waals surface area contributed by atoms with Gasteiger partial charge in [-0.05, 0) is 50.5 Å². The van der Waals surface area contributed by atoms with Crippen molar-refractivity contribution in [2.45, 2.75) is 44.8 Å². The first-order chi connectivity index (χ1) is 9.24. The van der Waals surface area contributed by atoms with E-state index in [1.807, 2.05) is 14.0 Å². The van der Waals surface area contributed by atoms with Crippen molar-refractivity contribution in [3.05, 3.63) is 0 Å². The zero-order valence-electron chi connectivity index (χ0n) is 12.0. The van der Waals surface area contributed by atoms with Crippen molar-refractivity contribution in [3.8, 4) is 0 Å². The van der Waals surface area contributed by atoms with Gasteiger partial charge in [-0.2, -0.15) is 0 Å². The van der Waals surface area contributed by atoms with Gasteiger partial charge in [0.2, 0.25) is 0 Å². The number of esters is 1. The summed E-state index contributed by atoms with van der Waals surface area (Å²) in [6.07, 6.45) is 4.62. The molecular weight excluding hydrogens is 242 g/mol. The Morgan fingerprint density at radius 2 is 2.16 bits per heavy atom. The maximum atomic E-state index is 11.4. The molecule has 19 heavy (non-hydrogen) atoms. The molecule has 1 heterocycles. The molecule has 2 aliphatic carbocycles. The molecule has 3 rings (SSSR count). The van der Waals surface area contributed by atoms with Crippen LogP contribution >= 0.6 is 0 Å². The van der Waals surface area contributed by atoms with Gasteiger partial charge in [0, 0.05) is 26.1 Å². The van der Waals surface area contributed by atoms with Crippen LogP contribution in [0.15, 0.2) is 0 Å². The molecule has 0 spiro atoms. The Morgan fingerprint density at radius 1 is 1.32 bits per heavy atom. The van der Waals surface area contributed by atoms with E-state index in [9.17, 15) is 4.79 Å². The van der Waals surface area contributed by atoms with Gasteiger partial charge in [-0.25, -0.2) is 0 Å². The number of nitrogens with zero attached hydrogens (tertiary/aromatic N) is 1. The standard InChI is InChI=1S/C15H25NO3/c1-3-19-13(17)5-4-6-16-9-11-7-10-8-12(11)14(16)15(10)18-2/h10-12,14-15H,3-9H2,1-2H3. The largest absolute Gasteiger partial charge is 0.466 e. The van der Waals surface area contributed by atoms with Crippen molar-refractivity contribution in [1.29, 1.82) is 0 Å². The molecule has 1 aliphatic heterocycles. The fourth-order valence-corrected chi connectivity index (χ4v) is 4.75. The van der Waals surface area contributed by atoms with Crippen LogP contribution in [0.3, 0.4) is 0 Å². The van der Waals surface area contributed by atoms with E-state index in [0.717, 1.165) is 30.7 Å². The van der Waals surface area contributed by atoms with E-state index in [4.69, 9.17) is 9.47 Å².